The number of carbonyl (C=O) groups excluding carboxylic acids is 1. The van der Waals surface area contributed by atoms with Gasteiger partial charge in [-0.3, -0.25) is 9.78 Å². The molecule has 0 radical (unpaired) electrons. The number of benzene rings is 2. The predicted octanol–water partition coefficient (Wildman–Crippen LogP) is 4.73. The predicted molar refractivity (Wildman–Crippen MR) is 140 cm³/mol. The van der Waals surface area contributed by atoms with Crippen LogP contribution in [-0.2, 0) is 19.4 Å². The summed E-state index contributed by atoms with van der Waals surface area (Å²) in [6.45, 7) is 2.72. The normalized spacial score (nSPS) is 11.1. The number of carbonyl (C=O) groups is 1. The molecule has 3 aromatic heterocycles. The number of aryl methyl sites for hydroxylation is 1. The molecule has 0 aliphatic carbocycles. The topological polar surface area (TPSA) is 115 Å². The maximum absolute atomic E-state index is 12.9. The number of Topliss-reactive ketones (excluding diaryl/α,β-unsaturated/α-hetero) is 1. The van der Waals surface area contributed by atoms with Gasteiger partial charge in [0.05, 0.1) is 6.54 Å². The van der Waals surface area contributed by atoms with Crippen molar-refractivity contribution in [1.82, 2.24) is 40.4 Å². The van der Waals surface area contributed by atoms with E-state index in [9.17, 15) is 4.79 Å². The molecule has 0 fully saturated rings. The van der Waals surface area contributed by atoms with E-state index in [-0.39, 0.29) is 11.6 Å². The minimum atomic E-state index is -0.0656. The summed E-state index contributed by atoms with van der Waals surface area (Å²) in [5, 5.41) is 18.8. The quantitative estimate of drug-likeness (QED) is 0.209. The minimum Gasteiger partial charge on any atom is -0.290 e. The molecule has 9 nitrogen and oxygen atoms in total. The summed E-state index contributed by atoms with van der Waals surface area (Å²) in [4.78, 5) is 21.8. The summed E-state index contributed by atoms with van der Waals surface area (Å²) in [5.41, 5.74) is 4.87. The van der Waals surface area contributed by atoms with E-state index in [2.05, 4.69) is 66.9 Å². The van der Waals surface area contributed by atoms with Gasteiger partial charge in [-0.1, -0.05) is 74.4 Å². The lowest BCUT2D eigenvalue weighted by atomic mass is 10.00. The standard InChI is InChI=1S/C28H28N8O/c1-2-3-5-10-26-30-28(25(37)17-20-8-6-4-7-9-20)33-36(26)19-21-11-13-22(14-12-21)23-15-16-29-18-24(23)27-31-34-35-32-27/h4,6-9,11-16,18H,2-3,5,10,17,19H2,1H3,(H,31,32,34,35). The van der Waals surface area contributed by atoms with Gasteiger partial charge in [0.15, 0.2) is 5.82 Å². The van der Waals surface area contributed by atoms with E-state index >= 15 is 0 Å². The lowest BCUT2D eigenvalue weighted by Crippen LogP contribution is -2.09. The molecule has 0 aliphatic rings. The Labute approximate surface area is 215 Å². The number of ketones is 1. The fourth-order valence-corrected chi connectivity index (χ4v) is 4.27. The molecule has 0 bridgehead atoms. The van der Waals surface area contributed by atoms with Gasteiger partial charge in [-0.25, -0.2) is 14.8 Å². The molecule has 0 aliphatic heterocycles. The van der Waals surface area contributed by atoms with Gasteiger partial charge in [0.2, 0.25) is 11.6 Å². The number of aromatic amines is 1. The fourth-order valence-electron chi connectivity index (χ4n) is 4.27. The average Bonchev–Trinajstić information content (AvgIpc) is 3.61. The summed E-state index contributed by atoms with van der Waals surface area (Å²) >= 11 is 0. The van der Waals surface area contributed by atoms with E-state index in [1.165, 1.54) is 0 Å². The number of nitrogens with one attached hydrogen (secondary N) is 1. The van der Waals surface area contributed by atoms with Crippen molar-refractivity contribution in [2.45, 2.75) is 45.6 Å². The van der Waals surface area contributed by atoms with E-state index in [1.807, 2.05) is 41.1 Å². The number of hydrogen-bond donors (Lipinski definition) is 1. The lowest BCUT2D eigenvalue weighted by Gasteiger charge is -2.09. The first kappa shape index (κ1) is 24.2. The maximum Gasteiger partial charge on any atom is 0.217 e. The third kappa shape index (κ3) is 5.83. The largest absolute Gasteiger partial charge is 0.290 e. The molecule has 0 saturated heterocycles. The van der Waals surface area contributed by atoms with Crippen LogP contribution in [0.1, 0.15) is 53.8 Å². The van der Waals surface area contributed by atoms with Crippen molar-refractivity contribution in [1.29, 1.82) is 0 Å². The second-order valence-corrected chi connectivity index (χ2v) is 8.92. The molecule has 9 heteroatoms. The Morgan fingerprint density at radius 2 is 1.78 bits per heavy atom. The van der Waals surface area contributed by atoms with Crippen molar-refractivity contribution < 1.29 is 4.79 Å². The van der Waals surface area contributed by atoms with Crippen LogP contribution in [0.25, 0.3) is 22.5 Å². The summed E-state index contributed by atoms with van der Waals surface area (Å²) in [6, 6.07) is 19.9. The molecule has 5 rings (SSSR count). The second-order valence-electron chi connectivity index (χ2n) is 8.92. The van der Waals surface area contributed by atoms with Crippen LogP contribution in [0.2, 0.25) is 0 Å². The van der Waals surface area contributed by atoms with Crippen molar-refractivity contribution >= 4 is 5.78 Å². The first-order valence-electron chi connectivity index (χ1n) is 12.5. The molecule has 2 aromatic carbocycles. The Hall–Kier alpha value is -4.53. The SMILES string of the molecule is CCCCCc1nc(C(=O)Cc2ccccc2)nn1Cc1ccc(-c2ccncc2-c2nnn[nH]2)cc1. The first-order chi connectivity index (χ1) is 18.2. The van der Waals surface area contributed by atoms with Crippen molar-refractivity contribution in [3.8, 4) is 22.5 Å². The van der Waals surface area contributed by atoms with Gasteiger partial charge >= 0.3 is 0 Å². The number of rotatable bonds is 11. The Bertz CT molecular complexity index is 1440. The third-order valence-electron chi connectivity index (χ3n) is 6.23. The van der Waals surface area contributed by atoms with Crippen molar-refractivity contribution in [2.75, 3.05) is 0 Å². The van der Waals surface area contributed by atoms with E-state index < -0.39 is 0 Å². The first-order valence-corrected chi connectivity index (χ1v) is 12.5. The molecule has 0 atom stereocenters. The molecule has 186 valence electrons. The molecule has 5 aromatic rings. The molecule has 0 saturated carbocycles. The molecule has 0 spiro atoms. The Kier molecular flexibility index (Phi) is 7.50. The smallest absolute Gasteiger partial charge is 0.217 e. The zero-order valence-electron chi connectivity index (χ0n) is 20.7. The summed E-state index contributed by atoms with van der Waals surface area (Å²) in [7, 11) is 0. The fraction of sp³-hybridized carbons (Fsp3) is 0.250. The molecule has 0 amide bonds. The van der Waals surface area contributed by atoms with Gasteiger partial charge in [-0.15, -0.1) is 10.2 Å². The Morgan fingerprint density at radius 1 is 0.946 bits per heavy atom. The number of aromatic nitrogens is 8. The Balaban J connectivity index is 1.37. The van der Waals surface area contributed by atoms with Gasteiger partial charge in [-0.05, 0) is 45.2 Å². The average molecular weight is 493 g/mol. The van der Waals surface area contributed by atoms with Crippen molar-refractivity contribution in [2.24, 2.45) is 0 Å². The second kappa shape index (κ2) is 11.5. The highest BCUT2D eigenvalue weighted by Crippen LogP contribution is 2.29. The van der Waals surface area contributed by atoms with Crippen LogP contribution in [0, 0.1) is 0 Å². The molecular weight excluding hydrogens is 464 g/mol. The number of H-pyrrole nitrogens is 1. The molecule has 37 heavy (non-hydrogen) atoms. The zero-order chi connectivity index (χ0) is 25.5. The molecule has 0 unspecified atom stereocenters. The monoisotopic (exact) mass is 492 g/mol. The van der Waals surface area contributed by atoms with Gasteiger partial charge in [0.1, 0.15) is 5.82 Å². The van der Waals surface area contributed by atoms with E-state index in [1.54, 1.807) is 12.4 Å². The van der Waals surface area contributed by atoms with E-state index in [0.29, 0.717) is 18.8 Å². The molecular formula is C28H28N8O. The van der Waals surface area contributed by atoms with Gasteiger partial charge in [0.25, 0.3) is 0 Å². The minimum absolute atomic E-state index is 0.0656. The summed E-state index contributed by atoms with van der Waals surface area (Å²) in [5.74, 6) is 1.64. The number of pyridine rings is 1. The van der Waals surface area contributed by atoms with Crippen LogP contribution in [0.15, 0.2) is 73.1 Å². The van der Waals surface area contributed by atoms with Crippen LogP contribution >= 0.6 is 0 Å². The highest BCUT2D eigenvalue weighted by atomic mass is 16.1. The number of nitrogens with zero attached hydrogens (tertiary/aromatic N) is 7. The van der Waals surface area contributed by atoms with Crippen LogP contribution in [-0.4, -0.2) is 46.2 Å². The van der Waals surface area contributed by atoms with Crippen LogP contribution < -0.4 is 0 Å². The van der Waals surface area contributed by atoms with Crippen LogP contribution in [0.4, 0.5) is 0 Å². The number of hydrogen-bond acceptors (Lipinski definition) is 7. The zero-order valence-corrected chi connectivity index (χ0v) is 20.7. The molecule has 3 heterocycles. The third-order valence-corrected chi connectivity index (χ3v) is 6.23. The molecule has 1 N–H and O–H groups in total. The Morgan fingerprint density at radius 3 is 2.54 bits per heavy atom. The summed E-state index contributed by atoms with van der Waals surface area (Å²) in [6.07, 6.45) is 7.84. The van der Waals surface area contributed by atoms with E-state index in [4.69, 9.17) is 0 Å². The van der Waals surface area contributed by atoms with Gasteiger partial charge in [-0.2, -0.15) is 0 Å². The van der Waals surface area contributed by atoms with Gasteiger partial charge < -0.3 is 0 Å². The number of tetrazole rings is 1. The maximum atomic E-state index is 12.9. The van der Waals surface area contributed by atoms with Crippen molar-refractivity contribution in [3.63, 3.8) is 0 Å². The van der Waals surface area contributed by atoms with Crippen LogP contribution in [0.3, 0.4) is 0 Å². The lowest BCUT2D eigenvalue weighted by molar-refractivity contribution is 0.0982. The van der Waals surface area contributed by atoms with E-state index in [0.717, 1.165) is 59.3 Å². The summed E-state index contributed by atoms with van der Waals surface area (Å²) < 4.78 is 1.88. The van der Waals surface area contributed by atoms with Gasteiger partial charge in [0, 0.05) is 30.8 Å². The highest BCUT2D eigenvalue weighted by molar-refractivity contribution is 5.94. The van der Waals surface area contributed by atoms with Crippen LogP contribution in [0.5, 0.6) is 0 Å². The highest BCUT2D eigenvalue weighted by Gasteiger charge is 2.17. The van der Waals surface area contributed by atoms with Crippen molar-refractivity contribution in [3.05, 3.63) is 95.8 Å². The number of unbranched alkanes of at least 4 members (excludes halogenated alkanes) is 2.